The second-order valence-electron chi connectivity index (χ2n) is 2.40. The molecule has 3 N–H and O–H groups in total. The number of hydrogen-bond acceptors (Lipinski definition) is 3. The van der Waals surface area contributed by atoms with Crippen molar-refractivity contribution in [3.8, 4) is 0 Å². The molecule has 6 heteroatoms. The third-order valence-corrected chi connectivity index (χ3v) is 3.54. The van der Waals surface area contributed by atoms with Gasteiger partial charge in [0.2, 0.25) is 0 Å². The number of nitrogens with one attached hydrogen (secondary N) is 1. The van der Waals surface area contributed by atoms with Crippen LogP contribution in [0.4, 0.5) is 4.79 Å². The number of nitrogens with two attached hydrogens (primary N) is 1. The molecule has 0 aromatic heterocycles. The molecule has 0 heterocycles. The van der Waals surface area contributed by atoms with Gasteiger partial charge in [0, 0.05) is 0 Å². The Hall–Kier alpha value is -0.412. The molecule has 0 aromatic carbocycles. The van der Waals surface area contributed by atoms with Crippen LogP contribution in [0.25, 0.3) is 0 Å². The fourth-order valence-corrected chi connectivity index (χ4v) is 2.47. The Bertz CT molecular complexity index is 163. The van der Waals surface area contributed by atoms with E-state index in [0.29, 0.717) is 5.21 Å². The van der Waals surface area contributed by atoms with E-state index < -0.39 is 21.0 Å². The Morgan fingerprint density at radius 1 is 1.58 bits per heavy atom. The predicted octanol–water partition coefficient (Wildman–Crippen LogP) is 0.427. The van der Waals surface area contributed by atoms with Gasteiger partial charge >= 0.3 is 75.9 Å². The van der Waals surface area contributed by atoms with Gasteiger partial charge in [-0.25, -0.2) is 0 Å². The first-order valence-electron chi connectivity index (χ1n) is 3.92. The van der Waals surface area contributed by atoms with E-state index in [4.69, 9.17) is 5.73 Å². The van der Waals surface area contributed by atoms with Crippen LogP contribution in [0.15, 0.2) is 0 Å². The molecule has 0 aliphatic rings. The number of urea groups is 1. The minimum absolute atomic E-state index is 0.564. The first-order valence-corrected chi connectivity index (χ1v) is 7.11. The Morgan fingerprint density at radius 2 is 2.25 bits per heavy atom. The van der Waals surface area contributed by atoms with Crippen molar-refractivity contribution in [3.63, 3.8) is 0 Å². The van der Waals surface area contributed by atoms with Crippen LogP contribution in [0.2, 0.25) is 5.21 Å². The normalized spacial score (nSPS) is 12.4. The average molecular weight is 238 g/mol. The molecule has 72 valence electrons. The topological polar surface area (TPSA) is 81.4 Å². The van der Waals surface area contributed by atoms with Gasteiger partial charge in [-0.3, -0.25) is 0 Å². The molecule has 0 bridgehead atoms. The fraction of sp³-hybridized carbons (Fsp3) is 0.833. The first kappa shape index (κ1) is 11.6. The van der Waals surface area contributed by atoms with E-state index in [1.54, 1.807) is 0 Å². The van der Waals surface area contributed by atoms with Crippen molar-refractivity contribution in [3.05, 3.63) is 0 Å². The molecule has 0 aliphatic heterocycles. The second-order valence-corrected chi connectivity index (χ2v) is 5.44. The summed E-state index contributed by atoms with van der Waals surface area (Å²) in [5.74, 6) is 0. The van der Waals surface area contributed by atoms with E-state index in [9.17, 15) is 8.53 Å². The minimum atomic E-state index is -2.70. The van der Waals surface area contributed by atoms with Crippen molar-refractivity contribution in [1.82, 2.24) is 5.48 Å². The number of carbonyl (C=O) groups is 1. The zero-order valence-corrected chi connectivity index (χ0v) is 9.23. The Balaban J connectivity index is 3.28. The van der Waals surface area contributed by atoms with Gasteiger partial charge in [0.05, 0.1) is 0 Å². The molecule has 0 fully saturated rings. The predicted molar refractivity (Wildman–Crippen MR) is 46.0 cm³/mol. The number of rotatable bonds is 6. The van der Waals surface area contributed by atoms with Gasteiger partial charge in [-0.2, -0.15) is 0 Å². The average Bonchev–Trinajstić information content (AvgIpc) is 2.01. The molecular weight excluding hydrogens is 223 g/mol. The van der Waals surface area contributed by atoms with Gasteiger partial charge in [-0.05, 0) is 0 Å². The van der Waals surface area contributed by atoms with Gasteiger partial charge in [0.1, 0.15) is 0 Å². The van der Waals surface area contributed by atoms with E-state index in [2.05, 4.69) is 10.8 Å². The van der Waals surface area contributed by atoms with Crippen molar-refractivity contribution in [1.29, 1.82) is 0 Å². The maximum absolute atomic E-state index is 11.0. The van der Waals surface area contributed by atoms with E-state index in [0.717, 1.165) is 19.3 Å². The third-order valence-electron chi connectivity index (χ3n) is 1.25. The molecule has 1 unspecified atom stereocenters. The molecule has 5 nitrogen and oxygen atoms in total. The Kier molecular flexibility index (Phi) is 7.00. The molecule has 0 saturated heterocycles. The SMILES string of the molecule is CCCCC[AsH](=O)ONC(N)=O. The summed E-state index contributed by atoms with van der Waals surface area (Å²) in [6.45, 7) is 2.06. The number of unbranched alkanes of at least 4 members (excludes halogenated alkanes) is 2. The summed E-state index contributed by atoms with van der Waals surface area (Å²) in [6.07, 6.45) is 3.00. The van der Waals surface area contributed by atoms with Gasteiger partial charge in [0.25, 0.3) is 0 Å². The Morgan fingerprint density at radius 3 is 2.75 bits per heavy atom. The summed E-state index contributed by atoms with van der Waals surface area (Å²) in [7, 11) is 0. The van der Waals surface area contributed by atoms with Crippen LogP contribution in [-0.2, 0) is 7.57 Å². The summed E-state index contributed by atoms with van der Waals surface area (Å²) < 4.78 is 15.5. The summed E-state index contributed by atoms with van der Waals surface area (Å²) in [5.41, 5.74) is 6.58. The number of carbonyl (C=O) groups excluding carboxylic acids is 1. The number of amides is 2. The molecule has 0 rings (SSSR count). The summed E-state index contributed by atoms with van der Waals surface area (Å²) in [6, 6.07) is -0.800. The van der Waals surface area contributed by atoms with E-state index >= 15 is 0 Å². The number of hydroxylamine groups is 1. The third kappa shape index (κ3) is 7.69. The Labute approximate surface area is 76.4 Å². The van der Waals surface area contributed by atoms with E-state index in [-0.39, 0.29) is 0 Å². The van der Waals surface area contributed by atoms with Crippen molar-refractivity contribution in [2.75, 3.05) is 0 Å². The van der Waals surface area contributed by atoms with Crippen LogP contribution < -0.4 is 11.2 Å². The van der Waals surface area contributed by atoms with Crippen molar-refractivity contribution >= 4 is 21.0 Å². The van der Waals surface area contributed by atoms with E-state index in [1.165, 1.54) is 0 Å². The van der Waals surface area contributed by atoms with E-state index in [1.807, 2.05) is 5.48 Å². The van der Waals surface area contributed by atoms with Crippen LogP contribution in [0.5, 0.6) is 0 Å². The summed E-state index contributed by atoms with van der Waals surface area (Å²) in [4.78, 5) is 10.1. The summed E-state index contributed by atoms with van der Waals surface area (Å²) >= 11 is -2.70. The van der Waals surface area contributed by atoms with Crippen molar-refractivity contribution < 1.29 is 12.4 Å². The fourth-order valence-electron chi connectivity index (χ4n) is 0.678. The summed E-state index contributed by atoms with van der Waals surface area (Å²) in [5, 5.41) is 0.564. The molecule has 2 amide bonds. The molecular formula is C6H15AsN2O3. The zero-order valence-electron chi connectivity index (χ0n) is 7.13. The number of primary amides is 1. The molecule has 0 radical (unpaired) electrons. The number of hydrogen-bond donors (Lipinski definition) is 2. The standard InChI is InChI=1S/C6H15AsN2O3/c1-2-3-4-5-7(11)12-9-6(8)10/h7H,2-5H2,1H3,(H3,8,9,10). The molecule has 0 spiro atoms. The quantitative estimate of drug-likeness (QED) is 0.400. The monoisotopic (exact) mass is 238 g/mol. The zero-order chi connectivity index (χ0) is 9.40. The van der Waals surface area contributed by atoms with Crippen LogP contribution in [0.3, 0.4) is 0 Å². The van der Waals surface area contributed by atoms with Gasteiger partial charge < -0.3 is 0 Å². The molecule has 0 aromatic rings. The van der Waals surface area contributed by atoms with Crippen molar-refractivity contribution in [2.24, 2.45) is 5.73 Å². The van der Waals surface area contributed by atoms with Crippen LogP contribution in [0.1, 0.15) is 26.2 Å². The second kappa shape index (κ2) is 7.25. The van der Waals surface area contributed by atoms with Crippen LogP contribution in [-0.4, -0.2) is 21.0 Å². The van der Waals surface area contributed by atoms with Gasteiger partial charge in [-0.1, -0.05) is 0 Å². The van der Waals surface area contributed by atoms with Crippen LogP contribution >= 0.6 is 0 Å². The molecule has 1 atom stereocenters. The maximum atomic E-state index is 11.0. The van der Waals surface area contributed by atoms with Gasteiger partial charge in [0.15, 0.2) is 0 Å². The van der Waals surface area contributed by atoms with Crippen molar-refractivity contribution in [2.45, 2.75) is 31.4 Å². The van der Waals surface area contributed by atoms with Crippen LogP contribution in [0, 0.1) is 0 Å². The molecule has 12 heavy (non-hydrogen) atoms. The van der Waals surface area contributed by atoms with Gasteiger partial charge in [-0.15, -0.1) is 0 Å². The molecule has 0 aliphatic carbocycles. The molecule has 0 saturated carbocycles. The first-order chi connectivity index (χ1) is 5.66.